The summed E-state index contributed by atoms with van der Waals surface area (Å²) in [6.45, 7) is 1.58. The van der Waals surface area contributed by atoms with Gasteiger partial charge in [0.25, 0.3) is 5.91 Å². The number of halogens is 1. The first-order valence-electron chi connectivity index (χ1n) is 9.24. The Morgan fingerprint density at radius 2 is 1.90 bits per heavy atom. The standard InChI is InChI=1S/C22H22N4O2.HI/c1-23-22(26-13-12-17-5-2-3-6-19(17)26)24-15-16-8-10-18(11-9-16)25-21(27)20-7-4-14-28-20;/h2-11,14H,12-13,15H2,1H3,(H,23,24)(H,25,27);1H. The van der Waals surface area contributed by atoms with Crippen molar-refractivity contribution in [3.8, 4) is 0 Å². The Morgan fingerprint density at radius 1 is 1.10 bits per heavy atom. The van der Waals surface area contributed by atoms with Gasteiger partial charge in [0.05, 0.1) is 6.26 Å². The van der Waals surface area contributed by atoms with E-state index in [2.05, 4.69) is 44.8 Å². The van der Waals surface area contributed by atoms with E-state index in [9.17, 15) is 4.79 Å². The molecule has 2 heterocycles. The molecule has 0 fully saturated rings. The van der Waals surface area contributed by atoms with Crippen LogP contribution in [0.5, 0.6) is 0 Å². The minimum Gasteiger partial charge on any atom is -0.459 e. The molecule has 3 aromatic rings. The van der Waals surface area contributed by atoms with Crippen molar-refractivity contribution in [2.24, 2.45) is 4.99 Å². The average Bonchev–Trinajstić information content (AvgIpc) is 3.40. The zero-order valence-electron chi connectivity index (χ0n) is 16.1. The third kappa shape index (κ3) is 4.79. The molecular formula is C22H23IN4O2. The quantitative estimate of drug-likeness (QED) is 0.318. The lowest BCUT2D eigenvalue weighted by Gasteiger charge is -2.22. The summed E-state index contributed by atoms with van der Waals surface area (Å²) in [7, 11) is 1.80. The topological polar surface area (TPSA) is 69.9 Å². The minimum absolute atomic E-state index is 0. The number of aliphatic imine (C=N–C) groups is 1. The summed E-state index contributed by atoms with van der Waals surface area (Å²) >= 11 is 0. The highest BCUT2D eigenvalue weighted by Gasteiger charge is 2.22. The fourth-order valence-electron chi connectivity index (χ4n) is 3.34. The number of fused-ring (bicyclic) bond motifs is 1. The van der Waals surface area contributed by atoms with Crippen LogP contribution in [0, 0.1) is 0 Å². The molecule has 0 bridgehead atoms. The number of hydrogen-bond donors (Lipinski definition) is 2. The van der Waals surface area contributed by atoms with E-state index in [-0.39, 0.29) is 29.9 Å². The molecule has 1 aliphatic rings. The van der Waals surface area contributed by atoms with Gasteiger partial charge in [-0.2, -0.15) is 0 Å². The van der Waals surface area contributed by atoms with Crippen molar-refractivity contribution in [2.75, 3.05) is 23.8 Å². The van der Waals surface area contributed by atoms with Crippen LogP contribution < -0.4 is 15.5 Å². The zero-order valence-corrected chi connectivity index (χ0v) is 18.4. The van der Waals surface area contributed by atoms with Crippen molar-refractivity contribution in [3.63, 3.8) is 0 Å². The summed E-state index contributed by atoms with van der Waals surface area (Å²) in [4.78, 5) is 18.7. The number of carbonyl (C=O) groups is 1. The van der Waals surface area contributed by atoms with Crippen LogP contribution in [0.25, 0.3) is 0 Å². The van der Waals surface area contributed by atoms with Crippen LogP contribution >= 0.6 is 24.0 Å². The lowest BCUT2D eigenvalue weighted by atomic mass is 10.2. The molecule has 0 unspecified atom stereocenters. The number of rotatable bonds is 4. The second kappa shape index (κ2) is 9.60. The number of benzene rings is 2. The van der Waals surface area contributed by atoms with Gasteiger partial charge in [0.15, 0.2) is 11.7 Å². The minimum atomic E-state index is -0.260. The van der Waals surface area contributed by atoms with E-state index in [4.69, 9.17) is 4.42 Å². The number of para-hydroxylation sites is 1. The molecule has 0 radical (unpaired) electrons. The predicted octanol–water partition coefficient (Wildman–Crippen LogP) is 4.29. The first-order chi connectivity index (χ1) is 13.7. The van der Waals surface area contributed by atoms with Gasteiger partial charge in [-0.1, -0.05) is 30.3 Å². The fourth-order valence-corrected chi connectivity index (χ4v) is 3.34. The number of guanidine groups is 1. The molecule has 6 nitrogen and oxygen atoms in total. The Labute approximate surface area is 187 Å². The number of amides is 1. The lowest BCUT2D eigenvalue weighted by Crippen LogP contribution is -2.40. The van der Waals surface area contributed by atoms with Gasteiger partial charge in [0.2, 0.25) is 0 Å². The van der Waals surface area contributed by atoms with Gasteiger partial charge in [0, 0.05) is 31.5 Å². The molecule has 0 atom stereocenters. The summed E-state index contributed by atoms with van der Waals surface area (Å²) in [6, 6.07) is 19.5. The van der Waals surface area contributed by atoms with Crippen molar-refractivity contribution in [1.29, 1.82) is 0 Å². The van der Waals surface area contributed by atoms with Crippen molar-refractivity contribution in [2.45, 2.75) is 13.0 Å². The second-order valence-electron chi connectivity index (χ2n) is 6.56. The number of carbonyl (C=O) groups excluding carboxylic acids is 1. The van der Waals surface area contributed by atoms with Gasteiger partial charge in [-0.15, -0.1) is 24.0 Å². The van der Waals surface area contributed by atoms with E-state index >= 15 is 0 Å². The molecule has 2 aromatic carbocycles. The molecule has 7 heteroatoms. The van der Waals surface area contributed by atoms with Crippen LogP contribution in [0.4, 0.5) is 11.4 Å². The SMILES string of the molecule is CN=C(NCc1ccc(NC(=O)c2ccco2)cc1)N1CCc2ccccc21.I. The molecule has 1 aromatic heterocycles. The number of nitrogens with zero attached hydrogens (tertiary/aromatic N) is 2. The van der Waals surface area contributed by atoms with Crippen LogP contribution in [-0.2, 0) is 13.0 Å². The third-order valence-corrected chi connectivity index (χ3v) is 4.76. The molecular weight excluding hydrogens is 479 g/mol. The van der Waals surface area contributed by atoms with Gasteiger partial charge >= 0.3 is 0 Å². The van der Waals surface area contributed by atoms with Crippen molar-refractivity contribution >= 4 is 47.2 Å². The van der Waals surface area contributed by atoms with E-state index in [0.29, 0.717) is 12.3 Å². The fraction of sp³-hybridized carbons (Fsp3) is 0.182. The van der Waals surface area contributed by atoms with E-state index in [1.807, 2.05) is 24.3 Å². The highest BCUT2D eigenvalue weighted by atomic mass is 127. The molecule has 1 amide bonds. The van der Waals surface area contributed by atoms with E-state index in [1.54, 1.807) is 19.2 Å². The van der Waals surface area contributed by atoms with Gasteiger partial charge in [-0.3, -0.25) is 9.79 Å². The molecule has 150 valence electrons. The Bertz CT molecular complexity index is 984. The summed E-state index contributed by atoms with van der Waals surface area (Å²) in [5.74, 6) is 0.893. The Morgan fingerprint density at radius 3 is 2.62 bits per heavy atom. The molecule has 4 rings (SSSR count). The van der Waals surface area contributed by atoms with Gasteiger partial charge in [-0.05, 0) is 47.9 Å². The summed E-state index contributed by atoms with van der Waals surface area (Å²) < 4.78 is 5.10. The maximum absolute atomic E-state index is 12.0. The maximum Gasteiger partial charge on any atom is 0.291 e. The normalized spacial score (nSPS) is 12.9. The molecule has 0 aliphatic carbocycles. The smallest absolute Gasteiger partial charge is 0.291 e. The van der Waals surface area contributed by atoms with Crippen LogP contribution in [0.1, 0.15) is 21.7 Å². The zero-order chi connectivity index (χ0) is 19.3. The number of nitrogens with one attached hydrogen (secondary N) is 2. The summed E-state index contributed by atoms with van der Waals surface area (Å²) in [5, 5.41) is 6.24. The van der Waals surface area contributed by atoms with Crippen LogP contribution in [-0.4, -0.2) is 25.5 Å². The highest BCUT2D eigenvalue weighted by Crippen LogP contribution is 2.27. The summed E-state index contributed by atoms with van der Waals surface area (Å²) in [5.41, 5.74) is 4.39. The van der Waals surface area contributed by atoms with Crippen LogP contribution in [0.2, 0.25) is 0 Å². The largest absolute Gasteiger partial charge is 0.459 e. The first kappa shape index (κ1) is 20.9. The maximum atomic E-state index is 12.0. The summed E-state index contributed by atoms with van der Waals surface area (Å²) in [6.07, 6.45) is 2.51. The van der Waals surface area contributed by atoms with Gasteiger partial charge in [0.1, 0.15) is 0 Å². The van der Waals surface area contributed by atoms with Crippen LogP contribution in [0.3, 0.4) is 0 Å². The average molecular weight is 502 g/mol. The Hall–Kier alpha value is -2.81. The molecule has 0 spiro atoms. The predicted molar refractivity (Wildman–Crippen MR) is 126 cm³/mol. The Balaban J connectivity index is 0.00000240. The monoisotopic (exact) mass is 502 g/mol. The number of furan rings is 1. The number of anilines is 2. The highest BCUT2D eigenvalue weighted by molar-refractivity contribution is 14.0. The molecule has 2 N–H and O–H groups in total. The van der Waals surface area contributed by atoms with Crippen molar-refractivity contribution < 1.29 is 9.21 Å². The molecule has 0 saturated heterocycles. The van der Waals surface area contributed by atoms with Crippen molar-refractivity contribution in [3.05, 3.63) is 83.8 Å². The van der Waals surface area contributed by atoms with Crippen LogP contribution in [0.15, 0.2) is 76.3 Å². The molecule has 1 aliphatic heterocycles. The van der Waals surface area contributed by atoms with Gasteiger partial charge in [-0.25, -0.2) is 0 Å². The first-order valence-corrected chi connectivity index (χ1v) is 9.24. The second-order valence-corrected chi connectivity index (χ2v) is 6.56. The Kier molecular flexibility index (Phi) is 6.92. The van der Waals surface area contributed by atoms with E-state index in [0.717, 1.165) is 30.2 Å². The van der Waals surface area contributed by atoms with E-state index in [1.165, 1.54) is 17.5 Å². The number of hydrogen-bond acceptors (Lipinski definition) is 3. The van der Waals surface area contributed by atoms with Crippen molar-refractivity contribution in [1.82, 2.24) is 5.32 Å². The van der Waals surface area contributed by atoms with Gasteiger partial charge < -0.3 is 20.0 Å². The third-order valence-electron chi connectivity index (χ3n) is 4.76. The lowest BCUT2D eigenvalue weighted by molar-refractivity contribution is 0.0996. The molecule has 29 heavy (non-hydrogen) atoms. The van der Waals surface area contributed by atoms with E-state index < -0.39 is 0 Å². The molecule has 0 saturated carbocycles.